The van der Waals surface area contributed by atoms with Gasteiger partial charge in [-0.05, 0) is 99.4 Å². The summed E-state index contributed by atoms with van der Waals surface area (Å²) >= 11 is 0. The number of nitrogens with zero attached hydrogens (tertiary/aromatic N) is 2. The lowest BCUT2D eigenvalue weighted by molar-refractivity contribution is 0.00216. The molecule has 5 fully saturated rings. The number of carbonyl (C=O) groups excluding carboxylic acids is 1. The Morgan fingerprint density at radius 1 is 0.950 bits per heavy atom. The fraction of sp³-hybridized carbons (Fsp3) is 0.629. The van der Waals surface area contributed by atoms with E-state index in [0.717, 1.165) is 36.7 Å². The Kier molecular flexibility index (Phi) is 8.67. The van der Waals surface area contributed by atoms with E-state index in [1.807, 2.05) is 30.3 Å². The van der Waals surface area contributed by atoms with Crippen LogP contribution in [0, 0.1) is 17.8 Å². The minimum atomic E-state index is 0.0527. The topological polar surface area (TPSA) is 44.8 Å². The van der Waals surface area contributed by atoms with Gasteiger partial charge in [0.15, 0.2) is 0 Å². The zero-order valence-corrected chi connectivity index (χ0v) is 24.5. The molecular weight excluding hydrogens is 494 g/mol. The van der Waals surface area contributed by atoms with Crippen LogP contribution in [0.3, 0.4) is 0 Å². The fourth-order valence-electron chi connectivity index (χ4n) is 8.33. The summed E-state index contributed by atoms with van der Waals surface area (Å²) in [5.74, 6) is 3.13. The lowest BCUT2D eigenvalue weighted by atomic mass is 9.56. The lowest BCUT2D eigenvalue weighted by Crippen LogP contribution is -2.67. The van der Waals surface area contributed by atoms with Crippen molar-refractivity contribution in [3.8, 4) is 5.75 Å². The number of amides is 2. The molecule has 0 spiro atoms. The summed E-state index contributed by atoms with van der Waals surface area (Å²) in [6, 6.07) is 19.5. The molecule has 5 atom stereocenters. The first-order valence-corrected chi connectivity index (χ1v) is 16.2. The number of carbonyl (C=O) groups is 1. The number of hydrogen-bond acceptors (Lipinski definition) is 3. The summed E-state index contributed by atoms with van der Waals surface area (Å²) in [6.45, 7) is 6.65. The molecule has 2 aromatic carbocycles. The van der Waals surface area contributed by atoms with Crippen LogP contribution in [-0.2, 0) is 13.2 Å². The molecule has 5 heteroatoms. The summed E-state index contributed by atoms with van der Waals surface area (Å²) in [6.07, 6.45) is 14.1. The molecule has 5 aliphatic rings. The van der Waals surface area contributed by atoms with Crippen LogP contribution in [-0.4, -0.2) is 47.0 Å². The van der Waals surface area contributed by atoms with Crippen molar-refractivity contribution in [2.24, 2.45) is 17.8 Å². The van der Waals surface area contributed by atoms with Crippen molar-refractivity contribution in [1.29, 1.82) is 0 Å². The summed E-state index contributed by atoms with van der Waals surface area (Å²) in [5, 5.41) is 3.72. The smallest absolute Gasteiger partial charge is 0.318 e. The van der Waals surface area contributed by atoms with Gasteiger partial charge in [-0.15, -0.1) is 0 Å². The number of ether oxygens (including phenoxy) is 1. The SMILES string of the molecule is CC1CCCCN1CCCN(Cc1ccc(OCc2ccccc2)cc1)C(=O)NC12CCCC3CCC1CC2C3. The van der Waals surface area contributed by atoms with E-state index in [9.17, 15) is 4.79 Å². The van der Waals surface area contributed by atoms with Crippen molar-refractivity contribution >= 4 is 6.03 Å². The maximum atomic E-state index is 14.0. The van der Waals surface area contributed by atoms with Crippen molar-refractivity contribution in [2.45, 2.75) is 102 Å². The number of nitrogens with one attached hydrogen (secondary N) is 1. The Bertz CT molecular complexity index is 1110. The van der Waals surface area contributed by atoms with Gasteiger partial charge in [0.2, 0.25) is 0 Å². The highest BCUT2D eigenvalue weighted by Gasteiger charge is 2.58. The average Bonchev–Trinajstić information content (AvgIpc) is 3.34. The van der Waals surface area contributed by atoms with E-state index >= 15 is 0 Å². The second kappa shape index (κ2) is 12.5. The van der Waals surface area contributed by atoms with Gasteiger partial charge in [-0.1, -0.05) is 68.1 Å². The van der Waals surface area contributed by atoms with E-state index < -0.39 is 0 Å². The van der Waals surface area contributed by atoms with E-state index in [1.54, 1.807) is 0 Å². The van der Waals surface area contributed by atoms with Crippen molar-refractivity contribution in [2.75, 3.05) is 19.6 Å². The van der Waals surface area contributed by atoms with Gasteiger partial charge < -0.3 is 19.9 Å². The van der Waals surface area contributed by atoms with Crippen LogP contribution in [0.5, 0.6) is 5.75 Å². The molecule has 1 N–H and O–H groups in total. The Hall–Kier alpha value is -2.53. The Morgan fingerprint density at radius 3 is 2.62 bits per heavy atom. The third kappa shape index (κ3) is 6.20. The Morgan fingerprint density at radius 2 is 1.80 bits per heavy atom. The van der Waals surface area contributed by atoms with Crippen molar-refractivity contribution < 1.29 is 9.53 Å². The second-order valence-corrected chi connectivity index (χ2v) is 13.2. The first-order chi connectivity index (χ1) is 19.6. The summed E-state index contributed by atoms with van der Waals surface area (Å²) in [4.78, 5) is 18.8. The molecule has 4 bridgehead atoms. The van der Waals surface area contributed by atoms with Gasteiger partial charge in [-0.25, -0.2) is 4.79 Å². The van der Waals surface area contributed by atoms with Gasteiger partial charge in [0, 0.05) is 31.2 Å². The van der Waals surface area contributed by atoms with Gasteiger partial charge in [0.1, 0.15) is 12.4 Å². The zero-order valence-electron chi connectivity index (χ0n) is 24.5. The highest BCUT2D eigenvalue weighted by Crippen LogP contribution is 2.58. The predicted molar refractivity (Wildman–Crippen MR) is 161 cm³/mol. The molecule has 5 nitrogen and oxygen atoms in total. The molecule has 1 saturated heterocycles. The minimum absolute atomic E-state index is 0.0527. The van der Waals surface area contributed by atoms with Crippen LogP contribution in [0.1, 0.15) is 88.7 Å². The van der Waals surface area contributed by atoms with Crippen molar-refractivity contribution in [3.05, 3.63) is 65.7 Å². The first-order valence-electron chi connectivity index (χ1n) is 16.2. The molecular formula is C35H49N3O2. The van der Waals surface area contributed by atoms with Gasteiger partial charge in [-0.3, -0.25) is 0 Å². The van der Waals surface area contributed by atoms with E-state index in [4.69, 9.17) is 4.74 Å². The largest absolute Gasteiger partial charge is 0.489 e. The number of fused-ring (bicyclic) bond motifs is 1. The highest BCUT2D eigenvalue weighted by atomic mass is 16.5. The number of benzene rings is 2. The molecule has 216 valence electrons. The fourth-order valence-corrected chi connectivity index (χ4v) is 8.33. The number of likely N-dealkylation sites (tertiary alicyclic amines) is 1. The molecule has 1 heterocycles. The zero-order chi connectivity index (χ0) is 27.4. The number of piperidine rings is 1. The van der Waals surface area contributed by atoms with Crippen LogP contribution >= 0.6 is 0 Å². The van der Waals surface area contributed by atoms with E-state index in [-0.39, 0.29) is 11.6 Å². The normalized spacial score (nSPS) is 29.6. The summed E-state index contributed by atoms with van der Waals surface area (Å²) in [5.41, 5.74) is 2.38. The first kappa shape index (κ1) is 27.6. The molecule has 7 rings (SSSR count). The molecule has 4 aliphatic carbocycles. The van der Waals surface area contributed by atoms with Crippen LogP contribution in [0.25, 0.3) is 0 Å². The van der Waals surface area contributed by atoms with E-state index in [1.165, 1.54) is 76.3 Å². The molecule has 2 amide bonds. The lowest BCUT2D eigenvalue weighted by Gasteiger charge is -2.56. The quantitative estimate of drug-likeness (QED) is 0.340. The number of urea groups is 1. The van der Waals surface area contributed by atoms with Gasteiger partial charge in [0.25, 0.3) is 0 Å². The van der Waals surface area contributed by atoms with Crippen LogP contribution in [0.15, 0.2) is 54.6 Å². The number of hydrogen-bond donors (Lipinski definition) is 1. The molecule has 0 aromatic heterocycles. The summed E-state index contributed by atoms with van der Waals surface area (Å²) < 4.78 is 6.02. The highest BCUT2D eigenvalue weighted by molar-refractivity contribution is 5.75. The maximum absolute atomic E-state index is 14.0. The molecule has 2 aromatic rings. The third-order valence-corrected chi connectivity index (χ3v) is 10.8. The number of rotatable bonds is 10. The monoisotopic (exact) mass is 543 g/mol. The Labute approximate surface area is 241 Å². The van der Waals surface area contributed by atoms with Gasteiger partial charge in [-0.2, -0.15) is 0 Å². The van der Waals surface area contributed by atoms with E-state index in [0.29, 0.717) is 31.0 Å². The molecule has 4 saturated carbocycles. The summed E-state index contributed by atoms with van der Waals surface area (Å²) in [7, 11) is 0. The van der Waals surface area contributed by atoms with Crippen LogP contribution in [0.2, 0.25) is 0 Å². The molecule has 0 radical (unpaired) electrons. The third-order valence-electron chi connectivity index (χ3n) is 10.8. The molecule has 40 heavy (non-hydrogen) atoms. The molecule has 5 unspecified atom stereocenters. The predicted octanol–water partition coefficient (Wildman–Crippen LogP) is 7.40. The Balaban J connectivity index is 1.11. The molecule has 1 aliphatic heterocycles. The van der Waals surface area contributed by atoms with Crippen molar-refractivity contribution in [1.82, 2.24) is 15.1 Å². The maximum Gasteiger partial charge on any atom is 0.318 e. The second-order valence-electron chi connectivity index (χ2n) is 13.2. The average molecular weight is 544 g/mol. The van der Waals surface area contributed by atoms with Crippen LogP contribution in [0.4, 0.5) is 4.79 Å². The van der Waals surface area contributed by atoms with E-state index in [2.05, 4.69) is 46.3 Å². The van der Waals surface area contributed by atoms with Gasteiger partial charge in [0.05, 0.1) is 0 Å². The standard InChI is InChI=1S/C35H49N3O2/c1-27-9-5-6-20-37(27)21-8-22-38(25-29-14-17-33(18-15-29)40-26-30-10-3-2-4-11-30)34(39)36-35-19-7-12-28-13-16-31(35)24-32(35)23-28/h2-4,10-11,14-15,17-18,27-28,31-32H,5-9,12-13,16,19-26H2,1H3,(H,36,39). The van der Waals surface area contributed by atoms with Gasteiger partial charge >= 0.3 is 6.03 Å². The van der Waals surface area contributed by atoms with Crippen LogP contribution < -0.4 is 10.1 Å². The minimum Gasteiger partial charge on any atom is -0.489 e. The van der Waals surface area contributed by atoms with Crippen molar-refractivity contribution in [3.63, 3.8) is 0 Å².